The first-order chi connectivity index (χ1) is 14.8. The fourth-order valence-corrected chi connectivity index (χ4v) is 4.82. The normalized spacial score (nSPS) is 19.1. The van der Waals surface area contributed by atoms with E-state index < -0.39 is 28.4 Å². The van der Waals surface area contributed by atoms with Crippen LogP contribution < -0.4 is 21.6 Å². The van der Waals surface area contributed by atoms with Crippen LogP contribution in [0.25, 0.3) is 26.9 Å². The molecule has 31 heavy (non-hydrogen) atoms. The maximum atomic E-state index is 15.0. The third kappa shape index (κ3) is 2.95. The van der Waals surface area contributed by atoms with E-state index in [0.717, 1.165) is 23.7 Å². The summed E-state index contributed by atoms with van der Waals surface area (Å²) in [5, 5.41) is -0.426. The molecule has 0 bridgehead atoms. The number of fused-ring (bicyclic) bond motifs is 2. The fraction of sp³-hybridized carbons (Fsp3) is 0.250. The van der Waals surface area contributed by atoms with Crippen LogP contribution in [0.1, 0.15) is 6.92 Å². The average Bonchev–Trinajstić information content (AvgIpc) is 3.26. The minimum atomic E-state index is -0.920. The second kappa shape index (κ2) is 6.92. The van der Waals surface area contributed by atoms with Crippen LogP contribution in [-0.4, -0.2) is 33.1 Å². The van der Waals surface area contributed by atoms with Crippen molar-refractivity contribution >= 4 is 38.6 Å². The van der Waals surface area contributed by atoms with Gasteiger partial charge in [0.05, 0.1) is 11.1 Å². The molecule has 5 rings (SSSR count). The van der Waals surface area contributed by atoms with Crippen molar-refractivity contribution in [1.82, 2.24) is 13.9 Å². The molecule has 1 aromatic carbocycles. The number of nitrogens with two attached hydrogens (primary N) is 1. The monoisotopic (exact) mass is 447 g/mol. The van der Waals surface area contributed by atoms with Gasteiger partial charge in [0.25, 0.3) is 5.56 Å². The number of nitrogens with zero attached hydrogens (tertiary/aromatic N) is 3. The lowest BCUT2D eigenvalue weighted by Crippen LogP contribution is -2.29. The van der Waals surface area contributed by atoms with Crippen molar-refractivity contribution in [3.8, 4) is 5.69 Å². The molecule has 0 spiro atoms. The lowest BCUT2D eigenvalue weighted by Gasteiger charge is -2.20. The number of halogens is 3. The van der Waals surface area contributed by atoms with E-state index in [1.807, 2.05) is 6.92 Å². The first-order valence-electron chi connectivity index (χ1n) is 9.48. The predicted octanol–water partition coefficient (Wildman–Crippen LogP) is 2.49. The Labute approximate surface area is 176 Å². The summed E-state index contributed by atoms with van der Waals surface area (Å²) in [4.78, 5) is 31.4. The molecule has 3 aromatic heterocycles. The zero-order valence-electron chi connectivity index (χ0n) is 16.2. The van der Waals surface area contributed by atoms with Crippen molar-refractivity contribution in [2.45, 2.75) is 13.0 Å². The zero-order valence-corrected chi connectivity index (χ0v) is 17.0. The summed E-state index contributed by atoms with van der Waals surface area (Å²) in [6, 6.07) is 3.74. The number of benzene rings is 1. The molecule has 11 heteroatoms. The van der Waals surface area contributed by atoms with Gasteiger partial charge >= 0.3 is 0 Å². The quantitative estimate of drug-likeness (QED) is 0.492. The van der Waals surface area contributed by atoms with Crippen molar-refractivity contribution < 1.29 is 13.2 Å². The molecular formula is C20H16F3N5O2S. The molecule has 4 aromatic rings. The Morgan fingerprint density at radius 1 is 1.16 bits per heavy atom. The number of aromatic nitrogens is 3. The summed E-state index contributed by atoms with van der Waals surface area (Å²) in [6.45, 7) is 2.77. The van der Waals surface area contributed by atoms with Crippen molar-refractivity contribution in [3.63, 3.8) is 0 Å². The molecule has 0 amide bonds. The molecule has 7 nitrogen and oxygen atoms in total. The van der Waals surface area contributed by atoms with Gasteiger partial charge in [-0.2, -0.15) is 0 Å². The lowest BCUT2D eigenvalue weighted by atomic mass is 10.1. The number of nitrogens with one attached hydrogen (secondary N) is 1. The molecular weight excluding hydrogens is 431 g/mol. The molecule has 1 fully saturated rings. The van der Waals surface area contributed by atoms with Gasteiger partial charge in [-0.3, -0.25) is 18.5 Å². The summed E-state index contributed by atoms with van der Waals surface area (Å²) >= 11 is 0.818. The lowest BCUT2D eigenvalue weighted by molar-refractivity contribution is 0.565. The van der Waals surface area contributed by atoms with Gasteiger partial charge in [-0.25, -0.2) is 18.2 Å². The topological polar surface area (TPSA) is 97.0 Å². The summed E-state index contributed by atoms with van der Waals surface area (Å²) in [6.07, 6.45) is 0. The highest BCUT2D eigenvalue weighted by atomic mass is 32.1. The molecule has 0 saturated carbocycles. The number of pyridine rings is 2. The molecule has 3 N–H and O–H groups in total. The summed E-state index contributed by atoms with van der Waals surface area (Å²) in [5.41, 5.74) is 4.51. The van der Waals surface area contributed by atoms with E-state index in [-0.39, 0.29) is 44.7 Å². The van der Waals surface area contributed by atoms with Crippen molar-refractivity contribution in [3.05, 3.63) is 62.3 Å². The average molecular weight is 447 g/mol. The van der Waals surface area contributed by atoms with E-state index in [1.165, 1.54) is 10.6 Å². The van der Waals surface area contributed by atoms with Crippen LogP contribution in [0.5, 0.6) is 0 Å². The van der Waals surface area contributed by atoms with Crippen LogP contribution in [0.15, 0.2) is 33.9 Å². The smallest absolute Gasteiger partial charge is 0.271 e. The molecule has 2 atom stereocenters. The van der Waals surface area contributed by atoms with Crippen LogP contribution in [0.3, 0.4) is 0 Å². The number of hydrogen-bond acceptors (Lipinski definition) is 6. The molecule has 1 aliphatic rings. The van der Waals surface area contributed by atoms with Gasteiger partial charge in [-0.1, -0.05) is 6.92 Å². The Kier molecular flexibility index (Phi) is 4.41. The fourth-order valence-electron chi connectivity index (χ4n) is 3.96. The van der Waals surface area contributed by atoms with Gasteiger partial charge < -0.3 is 10.6 Å². The molecule has 1 saturated heterocycles. The second-order valence-corrected chi connectivity index (χ2v) is 8.48. The van der Waals surface area contributed by atoms with Crippen LogP contribution in [-0.2, 0) is 0 Å². The van der Waals surface area contributed by atoms with E-state index in [4.69, 9.17) is 5.73 Å². The molecule has 1 aliphatic heterocycles. The van der Waals surface area contributed by atoms with E-state index in [2.05, 4.69) is 9.36 Å². The molecule has 0 aliphatic carbocycles. The minimum Gasteiger partial charge on any atom is -0.352 e. The maximum absolute atomic E-state index is 15.0. The van der Waals surface area contributed by atoms with E-state index >= 15 is 0 Å². The molecule has 4 heterocycles. The summed E-state index contributed by atoms with van der Waals surface area (Å²) in [5.74, 6) is -2.37. The van der Waals surface area contributed by atoms with E-state index in [9.17, 15) is 22.8 Å². The van der Waals surface area contributed by atoms with E-state index in [0.29, 0.717) is 19.2 Å². The minimum absolute atomic E-state index is 0.0230. The Balaban J connectivity index is 1.90. The van der Waals surface area contributed by atoms with Crippen LogP contribution in [0.2, 0.25) is 0 Å². The Bertz CT molecular complexity index is 1470. The van der Waals surface area contributed by atoms with Crippen LogP contribution in [0.4, 0.5) is 19.0 Å². The van der Waals surface area contributed by atoms with Gasteiger partial charge in [0.2, 0.25) is 5.43 Å². The van der Waals surface area contributed by atoms with E-state index in [1.54, 1.807) is 4.90 Å². The number of anilines is 1. The second-order valence-electron chi connectivity index (χ2n) is 7.68. The molecule has 160 valence electrons. The summed E-state index contributed by atoms with van der Waals surface area (Å²) in [7, 11) is 0. The number of hydrogen-bond donors (Lipinski definition) is 2. The van der Waals surface area contributed by atoms with Crippen molar-refractivity contribution in [1.29, 1.82) is 0 Å². The Hall–Kier alpha value is -3.18. The largest absolute Gasteiger partial charge is 0.352 e. The van der Waals surface area contributed by atoms with Crippen LogP contribution in [0, 0.1) is 23.4 Å². The molecule has 2 unspecified atom stereocenters. The van der Waals surface area contributed by atoms with Crippen molar-refractivity contribution in [2.24, 2.45) is 11.7 Å². The van der Waals surface area contributed by atoms with Crippen molar-refractivity contribution in [2.75, 3.05) is 18.0 Å². The summed E-state index contributed by atoms with van der Waals surface area (Å²) < 4.78 is 46.9. The SMILES string of the molecule is CC1CN(c2nc3c(cc2F)c(=O)c2c(=O)[nH]sc2n3-c2ccc(F)cc2F)CC1N. The Morgan fingerprint density at radius 2 is 1.94 bits per heavy atom. The highest BCUT2D eigenvalue weighted by molar-refractivity contribution is 7.12. The number of H-pyrrole nitrogens is 1. The third-order valence-corrected chi connectivity index (χ3v) is 6.49. The molecule has 0 radical (unpaired) electrons. The number of aromatic amines is 1. The Morgan fingerprint density at radius 3 is 2.61 bits per heavy atom. The van der Waals surface area contributed by atoms with Gasteiger partial charge in [-0.15, -0.1) is 0 Å². The highest BCUT2D eigenvalue weighted by Gasteiger charge is 2.30. The standard InChI is InChI=1S/C20H16F3N5O2S/c1-8-6-27(7-13(8)24)18-12(23)5-10-16(29)15-19(30)26-31-20(15)28(17(10)25-18)14-3-2-9(21)4-11(14)22/h2-5,8,13H,6-7,24H2,1H3,(H,26,30). The van der Waals surface area contributed by atoms with Crippen LogP contribution >= 0.6 is 11.5 Å². The first-order valence-corrected chi connectivity index (χ1v) is 10.3. The van der Waals surface area contributed by atoms with Gasteiger partial charge in [0, 0.05) is 25.2 Å². The van der Waals surface area contributed by atoms with Gasteiger partial charge in [-0.05, 0) is 35.6 Å². The van der Waals surface area contributed by atoms with Gasteiger partial charge in [0.1, 0.15) is 21.9 Å². The first kappa shape index (κ1) is 19.8. The third-order valence-electron chi connectivity index (χ3n) is 5.63. The highest BCUT2D eigenvalue weighted by Crippen LogP contribution is 2.30. The number of rotatable bonds is 2. The predicted molar refractivity (Wildman–Crippen MR) is 113 cm³/mol. The van der Waals surface area contributed by atoms with Gasteiger partial charge in [0.15, 0.2) is 17.3 Å². The zero-order chi connectivity index (χ0) is 22.0. The maximum Gasteiger partial charge on any atom is 0.271 e.